The molecule has 1 aromatic carbocycles. The second kappa shape index (κ2) is 5.25. The van der Waals surface area contributed by atoms with Crippen LogP contribution in [0.3, 0.4) is 0 Å². The van der Waals surface area contributed by atoms with Crippen molar-refractivity contribution in [3.05, 3.63) is 30.1 Å². The summed E-state index contributed by atoms with van der Waals surface area (Å²) in [6.07, 6.45) is 5.37. The van der Waals surface area contributed by atoms with Crippen molar-refractivity contribution in [2.45, 2.75) is 38.3 Å². The molecule has 1 aliphatic rings. The van der Waals surface area contributed by atoms with Gasteiger partial charge in [0.05, 0.1) is 29.0 Å². The van der Waals surface area contributed by atoms with Crippen LogP contribution in [0.4, 0.5) is 0 Å². The van der Waals surface area contributed by atoms with Gasteiger partial charge in [0.2, 0.25) is 0 Å². The van der Waals surface area contributed by atoms with Gasteiger partial charge in [-0.3, -0.25) is 0 Å². The lowest BCUT2D eigenvalue weighted by atomic mass is 9.87. The molecule has 0 radical (unpaired) electrons. The molecule has 2 aromatic rings. The number of nitrogens with zero attached hydrogens (tertiary/aromatic N) is 2. The Kier molecular flexibility index (Phi) is 3.44. The van der Waals surface area contributed by atoms with Crippen LogP contribution in [-0.2, 0) is 6.54 Å². The lowest BCUT2D eigenvalue weighted by Crippen LogP contribution is -2.21. The molecule has 0 spiro atoms. The third-order valence-corrected chi connectivity index (χ3v) is 4.14. The van der Waals surface area contributed by atoms with Crippen molar-refractivity contribution < 1.29 is 15.0 Å². The van der Waals surface area contributed by atoms with Crippen LogP contribution < -0.4 is 0 Å². The first-order valence-electron chi connectivity index (χ1n) is 7.00. The summed E-state index contributed by atoms with van der Waals surface area (Å²) in [6.45, 7) is 0.840. The number of rotatable bonds is 3. The normalized spacial score (nSPS) is 23.1. The summed E-state index contributed by atoms with van der Waals surface area (Å²) >= 11 is 0. The minimum atomic E-state index is -0.916. The van der Waals surface area contributed by atoms with E-state index < -0.39 is 5.97 Å². The molecule has 106 valence electrons. The number of benzene rings is 1. The van der Waals surface area contributed by atoms with Gasteiger partial charge in [0, 0.05) is 6.54 Å². The molecule has 0 unspecified atom stereocenters. The number of carbonyl (C=O) groups is 1. The number of aliphatic hydroxyl groups is 1. The zero-order valence-electron chi connectivity index (χ0n) is 11.2. The lowest BCUT2D eigenvalue weighted by molar-refractivity contribution is 0.0697. The van der Waals surface area contributed by atoms with E-state index in [-0.39, 0.29) is 6.10 Å². The highest BCUT2D eigenvalue weighted by Gasteiger charge is 2.20. The Morgan fingerprint density at radius 1 is 1.30 bits per heavy atom. The summed E-state index contributed by atoms with van der Waals surface area (Å²) in [6, 6.07) is 5.02. The third kappa shape index (κ3) is 2.54. The fourth-order valence-corrected chi connectivity index (χ4v) is 2.94. The van der Waals surface area contributed by atoms with Gasteiger partial charge < -0.3 is 14.8 Å². The standard InChI is InChI=1S/C15H18N2O3/c18-12-4-1-10(2-5-12)8-17-9-16-13-6-3-11(15(19)20)7-14(13)17/h3,6-7,9-10,12,18H,1-2,4-5,8H2,(H,19,20). The molecule has 0 bridgehead atoms. The summed E-state index contributed by atoms with van der Waals surface area (Å²) in [5, 5.41) is 18.6. The molecule has 1 saturated carbocycles. The fourth-order valence-electron chi connectivity index (χ4n) is 2.94. The molecule has 5 nitrogen and oxygen atoms in total. The summed E-state index contributed by atoms with van der Waals surface area (Å²) in [5.74, 6) is -0.385. The van der Waals surface area contributed by atoms with Crippen molar-refractivity contribution >= 4 is 17.0 Å². The monoisotopic (exact) mass is 274 g/mol. The molecular weight excluding hydrogens is 256 g/mol. The average molecular weight is 274 g/mol. The van der Waals surface area contributed by atoms with Crippen molar-refractivity contribution in [2.75, 3.05) is 0 Å². The molecule has 1 heterocycles. The second-order valence-electron chi connectivity index (χ2n) is 5.58. The molecule has 1 fully saturated rings. The van der Waals surface area contributed by atoms with Gasteiger partial charge in [0.15, 0.2) is 0 Å². The Morgan fingerprint density at radius 3 is 2.75 bits per heavy atom. The molecule has 0 amide bonds. The van der Waals surface area contributed by atoms with E-state index in [1.165, 1.54) is 0 Å². The SMILES string of the molecule is O=C(O)c1ccc2ncn(CC3CCC(O)CC3)c2c1. The summed E-state index contributed by atoms with van der Waals surface area (Å²) in [5.41, 5.74) is 1.99. The number of aromatic nitrogens is 2. The van der Waals surface area contributed by atoms with Crippen molar-refractivity contribution in [3.8, 4) is 0 Å². The van der Waals surface area contributed by atoms with Crippen molar-refractivity contribution in [3.63, 3.8) is 0 Å². The van der Waals surface area contributed by atoms with Gasteiger partial charge in [-0.05, 0) is 49.8 Å². The molecular formula is C15H18N2O3. The minimum absolute atomic E-state index is 0.149. The maximum atomic E-state index is 11.0. The Labute approximate surface area is 116 Å². The Morgan fingerprint density at radius 2 is 2.05 bits per heavy atom. The Balaban J connectivity index is 1.84. The van der Waals surface area contributed by atoms with Gasteiger partial charge in [-0.1, -0.05) is 0 Å². The van der Waals surface area contributed by atoms with Crippen molar-refractivity contribution in [2.24, 2.45) is 5.92 Å². The number of fused-ring (bicyclic) bond motifs is 1. The zero-order valence-corrected chi connectivity index (χ0v) is 11.2. The number of imidazole rings is 1. The summed E-state index contributed by atoms with van der Waals surface area (Å²) < 4.78 is 2.03. The molecule has 3 rings (SSSR count). The van der Waals surface area contributed by atoms with Crippen molar-refractivity contribution in [1.82, 2.24) is 9.55 Å². The van der Waals surface area contributed by atoms with Crippen LogP contribution in [-0.4, -0.2) is 31.8 Å². The Hall–Kier alpha value is -1.88. The van der Waals surface area contributed by atoms with E-state index in [0.717, 1.165) is 43.3 Å². The van der Waals surface area contributed by atoms with Crippen LogP contribution in [0.5, 0.6) is 0 Å². The van der Waals surface area contributed by atoms with Crippen molar-refractivity contribution in [1.29, 1.82) is 0 Å². The first kappa shape index (κ1) is 13.1. The van der Waals surface area contributed by atoms with E-state index in [4.69, 9.17) is 5.11 Å². The highest BCUT2D eigenvalue weighted by atomic mass is 16.4. The van der Waals surface area contributed by atoms with Crippen LogP contribution in [0.2, 0.25) is 0 Å². The van der Waals surface area contributed by atoms with Crippen LogP contribution in [0, 0.1) is 5.92 Å². The van der Waals surface area contributed by atoms with Crippen LogP contribution in [0.25, 0.3) is 11.0 Å². The fraction of sp³-hybridized carbons (Fsp3) is 0.467. The number of aromatic carboxylic acids is 1. The number of carboxylic acid groups (broad SMARTS) is 1. The average Bonchev–Trinajstić information content (AvgIpc) is 2.84. The van der Waals surface area contributed by atoms with Crippen LogP contribution in [0.15, 0.2) is 24.5 Å². The second-order valence-corrected chi connectivity index (χ2v) is 5.58. The molecule has 0 aliphatic heterocycles. The topological polar surface area (TPSA) is 75.3 Å². The molecule has 0 saturated heterocycles. The van der Waals surface area contributed by atoms with Gasteiger partial charge >= 0.3 is 5.97 Å². The van der Waals surface area contributed by atoms with Crippen LogP contribution >= 0.6 is 0 Å². The quantitative estimate of drug-likeness (QED) is 0.900. The predicted molar refractivity (Wildman–Crippen MR) is 74.7 cm³/mol. The van der Waals surface area contributed by atoms with Gasteiger partial charge in [0.25, 0.3) is 0 Å². The molecule has 0 atom stereocenters. The van der Waals surface area contributed by atoms with Crippen LogP contribution in [0.1, 0.15) is 36.0 Å². The smallest absolute Gasteiger partial charge is 0.335 e. The largest absolute Gasteiger partial charge is 0.478 e. The lowest BCUT2D eigenvalue weighted by Gasteiger charge is -2.25. The minimum Gasteiger partial charge on any atom is -0.478 e. The number of aliphatic hydroxyl groups excluding tert-OH is 1. The third-order valence-electron chi connectivity index (χ3n) is 4.14. The first-order chi connectivity index (χ1) is 9.63. The molecule has 20 heavy (non-hydrogen) atoms. The van der Waals surface area contributed by atoms with E-state index in [0.29, 0.717) is 11.5 Å². The predicted octanol–water partition coefficient (Wildman–Crippen LogP) is 2.29. The summed E-state index contributed by atoms with van der Waals surface area (Å²) in [7, 11) is 0. The van der Waals surface area contributed by atoms with E-state index in [1.54, 1.807) is 24.5 Å². The van der Waals surface area contributed by atoms with Gasteiger partial charge in [-0.25, -0.2) is 9.78 Å². The highest BCUT2D eigenvalue weighted by Crippen LogP contribution is 2.27. The Bertz CT molecular complexity index is 627. The van der Waals surface area contributed by atoms with E-state index in [2.05, 4.69) is 4.98 Å². The van der Waals surface area contributed by atoms with Gasteiger partial charge in [0.1, 0.15) is 0 Å². The molecule has 1 aliphatic carbocycles. The van der Waals surface area contributed by atoms with Gasteiger partial charge in [-0.2, -0.15) is 0 Å². The zero-order chi connectivity index (χ0) is 14.1. The number of carboxylic acids is 1. The number of hydrogen-bond donors (Lipinski definition) is 2. The summed E-state index contributed by atoms with van der Waals surface area (Å²) in [4.78, 5) is 15.4. The maximum Gasteiger partial charge on any atom is 0.335 e. The first-order valence-corrected chi connectivity index (χ1v) is 7.00. The highest BCUT2D eigenvalue weighted by molar-refractivity contribution is 5.92. The molecule has 5 heteroatoms. The number of hydrogen-bond acceptors (Lipinski definition) is 3. The molecule has 1 aromatic heterocycles. The van der Waals surface area contributed by atoms with E-state index in [9.17, 15) is 9.90 Å². The van der Waals surface area contributed by atoms with E-state index >= 15 is 0 Å². The van der Waals surface area contributed by atoms with Gasteiger partial charge in [-0.15, -0.1) is 0 Å². The molecule has 2 N–H and O–H groups in total. The van der Waals surface area contributed by atoms with E-state index in [1.807, 2.05) is 4.57 Å². The maximum absolute atomic E-state index is 11.0.